The van der Waals surface area contributed by atoms with Crippen LogP contribution in [0.25, 0.3) is 21.9 Å². The topological polar surface area (TPSA) is 94.1 Å². The molecule has 2 atom stereocenters. The van der Waals surface area contributed by atoms with E-state index >= 15 is 0 Å². The fourth-order valence-electron chi connectivity index (χ4n) is 9.16. The maximum Gasteiger partial charge on any atom is 0.170 e. The zero-order valence-electron chi connectivity index (χ0n) is 35.2. The molecule has 2 fully saturated rings. The highest BCUT2D eigenvalue weighted by molar-refractivity contribution is 5.91. The van der Waals surface area contributed by atoms with E-state index in [1.165, 1.54) is 24.3 Å². The van der Waals surface area contributed by atoms with Crippen molar-refractivity contribution in [3.63, 3.8) is 0 Å². The molecule has 2 aromatic heterocycles. The summed E-state index contributed by atoms with van der Waals surface area (Å²) in [4.78, 5) is 18.7. The number of ether oxygens (including phenoxy) is 2. The van der Waals surface area contributed by atoms with Gasteiger partial charge in [0.05, 0.1) is 24.6 Å². The van der Waals surface area contributed by atoms with Crippen LogP contribution in [0.15, 0.2) is 81.8 Å². The number of likely N-dealkylation sites (tertiary alicyclic amines) is 2. The Hall–Kier alpha value is -5.13. The Morgan fingerprint density at radius 3 is 1.47 bits per heavy atom. The van der Waals surface area contributed by atoms with Gasteiger partial charge < -0.3 is 28.3 Å². The number of halogens is 2. The van der Waals surface area contributed by atoms with E-state index in [1.807, 2.05) is 52.0 Å². The number of aryl methyl sites for hydroxylation is 2. The van der Waals surface area contributed by atoms with Gasteiger partial charge in [0.25, 0.3) is 0 Å². The van der Waals surface area contributed by atoms with Crippen LogP contribution in [-0.4, -0.2) is 78.4 Å². The molecule has 4 heterocycles. The molecule has 6 aromatic rings. The quantitative estimate of drug-likeness (QED) is 0.0885. The van der Waals surface area contributed by atoms with Crippen LogP contribution in [0.3, 0.4) is 0 Å². The average Bonchev–Trinajstić information content (AvgIpc) is 3.88. The summed E-state index contributed by atoms with van der Waals surface area (Å²) in [6, 6.07) is 21.5. The van der Waals surface area contributed by atoms with Crippen LogP contribution in [0.1, 0.15) is 110 Å². The summed E-state index contributed by atoms with van der Waals surface area (Å²) in [5.74, 6) is 1.40. The SMILES string of the molecule is Cc1cc(C(C)C(=O)C(C)c2ccc(OCCCN3CCC(c4noc5cc(F)ccc45)CC3)c(C)c2)ccc1OCCCN1CCC(c2noc3cc(F)ccc23)CC1. The highest BCUT2D eigenvalue weighted by Gasteiger charge is 2.27. The third-order valence-electron chi connectivity index (χ3n) is 12.9. The molecular formula is C49H56F2N4O5. The van der Waals surface area contributed by atoms with Gasteiger partial charge in [-0.15, -0.1) is 0 Å². The lowest BCUT2D eigenvalue weighted by molar-refractivity contribution is -0.121. The van der Waals surface area contributed by atoms with Crippen molar-refractivity contribution in [3.05, 3.63) is 118 Å². The third-order valence-corrected chi connectivity index (χ3v) is 12.9. The summed E-state index contributed by atoms with van der Waals surface area (Å²) >= 11 is 0. The number of carbonyl (C=O) groups excluding carboxylic acids is 1. The van der Waals surface area contributed by atoms with Crippen molar-refractivity contribution in [1.82, 2.24) is 20.1 Å². The van der Waals surface area contributed by atoms with Gasteiger partial charge in [0.2, 0.25) is 0 Å². The predicted octanol–water partition coefficient (Wildman–Crippen LogP) is 10.6. The molecule has 0 N–H and O–H groups in total. The lowest BCUT2D eigenvalue weighted by Gasteiger charge is -2.31. The number of aromatic nitrogens is 2. The van der Waals surface area contributed by atoms with E-state index in [4.69, 9.17) is 18.5 Å². The number of hydrogen-bond acceptors (Lipinski definition) is 9. The van der Waals surface area contributed by atoms with E-state index in [0.717, 1.165) is 134 Å². The summed E-state index contributed by atoms with van der Waals surface area (Å²) in [6.07, 6.45) is 5.82. The Morgan fingerprint density at radius 2 is 1.07 bits per heavy atom. The van der Waals surface area contributed by atoms with Crippen LogP contribution in [0.4, 0.5) is 8.78 Å². The van der Waals surface area contributed by atoms with Gasteiger partial charge in [-0.25, -0.2) is 8.78 Å². The minimum atomic E-state index is -0.308. The lowest BCUT2D eigenvalue weighted by Crippen LogP contribution is -2.34. The van der Waals surface area contributed by atoms with Crippen molar-refractivity contribution in [2.24, 2.45) is 0 Å². The molecule has 0 saturated carbocycles. The van der Waals surface area contributed by atoms with E-state index in [2.05, 4.69) is 32.2 Å². The van der Waals surface area contributed by atoms with Crippen LogP contribution >= 0.6 is 0 Å². The second kappa shape index (κ2) is 18.6. The first-order chi connectivity index (χ1) is 29.1. The molecule has 60 heavy (non-hydrogen) atoms. The zero-order chi connectivity index (χ0) is 41.8. The zero-order valence-corrected chi connectivity index (χ0v) is 35.2. The molecule has 0 bridgehead atoms. The second-order valence-electron chi connectivity index (χ2n) is 16.9. The Kier molecular flexibility index (Phi) is 12.9. The Balaban J connectivity index is 0.738. The molecule has 2 unspecified atom stereocenters. The summed E-state index contributed by atoms with van der Waals surface area (Å²) < 4.78 is 50.4. The summed E-state index contributed by atoms with van der Waals surface area (Å²) in [6.45, 7) is 15.2. The number of nitrogens with zero attached hydrogens (tertiary/aromatic N) is 4. The molecule has 0 spiro atoms. The molecule has 2 saturated heterocycles. The highest BCUT2D eigenvalue weighted by atomic mass is 19.1. The number of fused-ring (bicyclic) bond motifs is 2. The number of benzene rings is 4. The van der Waals surface area contributed by atoms with Crippen molar-refractivity contribution in [2.75, 3.05) is 52.5 Å². The van der Waals surface area contributed by atoms with Gasteiger partial charge in [-0.05, 0) is 137 Å². The molecule has 0 amide bonds. The van der Waals surface area contributed by atoms with Gasteiger partial charge >= 0.3 is 0 Å². The molecule has 0 aliphatic carbocycles. The van der Waals surface area contributed by atoms with Crippen LogP contribution in [0, 0.1) is 25.5 Å². The van der Waals surface area contributed by atoms with Crippen molar-refractivity contribution < 1.29 is 32.1 Å². The minimum Gasteiger partial charge on any atom is -0.493 e. The Labute approximate surface area is 351 Å². The standard InChI is InChI=1S/C49H56F2N4O5/c1-31-27-37(7-13-43(31)57-25-5-19-54-21-15-35(16-22-54)47-41-11-9-39(50)29-45(41)59-52-47)33(3)49(56)34(4)38-8-14-44(32(2)28-38)58-26-6-20-55-23-17-36(18-24-55)48-42-12-10-40(51)30-46(42)60-53-48/h7-14,27-30,33-36H,5-6,15-26H2,1-4H3. The number of rotatable bonds is 16. The van der Waals surface area contributed by atoms with Gasteiger partial charge in [0.15, 0.2) is 11.2 Å². The van der Waals surface area contributed by atoms with Crippen LogP contribution in [0.2, 0.25) is 0 Å². The van der Waals surface area contributed by atoms with E-state index in [-0.39, 0.29) is 29.3 Å². The predicted molar refractivity (Wildman–Crippen MR) is 229 cm³/mol. The maximum absolute atomic E-state index is 13.8. The van der Waals surface area contributed by atoms with Gasteiger partial charge in [-0.1, -0.05) is 48.4 Å². The molecule has 2 aliphatic rings. The van der Waals surface area contributed by atoms with Crippen molar-refractivity contribution >= 4 is 27.7 Å². The number of ketones is 1. The molecule has 4 aromatic carbocycles. The number of hydrogen-bond donors (Lipinski definition) is 0. The Morgan fingerprint density at radius 1 is 0.650 bits per heavy atom. The first-order valence-electron chi connectivity index (χ1n) is 21.7. The first-order valence-corrected chi connectivity index (χ1v) is 21.7. The summed E-state index contributed by atoms with van der Waals surface area (Å²) in [7, 11) is 0. The van der Waals surface area contributed by atoms with Crippen LogP contribution in [0.5, 0.6) is 11.5 Å². The molecule has 9 nitrogen and oxygen atoms in total. The molecule has 316 valence electrons. The van der Waals surface area contributed by atoms with Gasteiger partial charge in [0.1, 0.15) is 28.9 Å². The largest absolute Gasteiger partial charge is 0.493 e. The molecule has 8 rings (SSSR count). The van der Waals surface area contributed by atoms with Crippen molar-refractivity contribution in [2.45, 2.75) is 89.9 Å². The third kappa shape index (κ3) is 9.42. The maximum atomic E-state index is 13.8. The normalized spacial score (nSPS) is 17.0. The fraction of sp³-hybridized carbons (Fsp3) is 0.449. The lowest BCUT2D eigenvalue weighted by atomic mass is 9.85. The monoisotopic (exact) mass is 818 g/mol. The number of piperidine rings is 2. The second-order valence-corrected chi connectivity index (χ2v) is 16.9. The summed E-state index contributed by atoms with van der Waals surface area (Å²) in [5.41, 5.74) is 6.96. The number of Topliss-reactive ketones (excluding diaryl/α,β-unsaturated/α-hetero) is 1. The Bertz CT molecular complexity index is 2250. The molecular weight excluding hydrogens is 763 g/mol. The fourth-order valence-corrected chi connectivity index (χ4v) is 9.16. The molecule has 0 radical (unpaired) electrons. The first kappa shape index (κ1) is 41.6. The minimum absolute atomic E-state index is 0.181. The van der Waals surface area contributed by atoms with Gasteiger partial charge in [0, 0.05) is 59.7 Å². The van der Waals surface area contributed by atoms with Crippen molar-refractivity contribution in [3.8, 4) is 11.5 Å². The molecule has 11 heteroatoms. The van der Waals surface area contributed by atoms with E-state index in [0.29, 0.717) is 36.2 Å². The smallest absolute Gasteiger partial charge is 0.170 e. The van der Waals surface area contributed by atoms with Gasteiger partial charge in [-0.2, -0.15) is 0 Å². The van der Waals surface area contributed by atoms with Gasteiger partial charge in [-0.3, -0.25) is 4.79 Å². The average molecular weight is 819 g/mol. The van der Waals surface area contributed by atoms with E-state index in [9.17, 15) is 13.6 Å². The van der Waals surface area contributed by atoms with Crippen LogP contribution < -0.4 is 9.47 Å². The highest BCUT2D eigenvalue weighted by Crippen LogP contribution is 2.35. The number of carbonyl (C=O) groups is 1. The summed E-state index contributed by atoms with van der Waals surface area (Å²) in [5, 5.41) is 10.4. The molecule has 2 aliphatic heterocycles. The van der Waals surface area contributed by atoms with E-state index in [1.54, 1.807) is 12.1 Å². The van der Waals surface area contributed by atoms with E-state index < -0.39 is 0 Å². The van der Waals surface area contributed by atoms with Crippen LogP contribution in [-0.2, 0) is 4.79 Å². The van der Waals surface area contributed by atoms with Crippen molar-refractivity contribution in [1.29, 1.82) is 0 Å².